The largest absolute Gasteiger partial charge is 0.366 e. The Kier molecular flexibility index (Phi) is 2.89. The van der Waals surface area contributed by atoms with Crippen molar-refractivity contribution in [2.24, 2.45) is 16.2 Å². The van der Waals surface area contributed by atoms with Gasteiger partial charge in [0.1, 0.15) is 0 Å². The van der Waals surface area contributed by atoms with Gasteiger partial charge in [0, 0.05) is 10.8 Å². The second-order valence-electron chi connectivity index (χ2n) is 8.69. The van der Waals surface area contributed by atoms with E-state index in [2.05, 4.69) is 40.7 Å². The molecule has 0 aromatic heterocycles. The van der Waals surface area contributed by atoms with Gasteiger partial charge in [0.15, 0.2) is 5.78 Å². The highest BCUT2D eigenvalue weighted by Crippen LogP contribution is 2.61. The van der Waals surface area contributed by atoms with Gasteiger partial charge in [-0.05, 0) is 30.4 Å². The van der Waals surface area contributed by atoms with Crippen molar-refractivity contribution < 1.29 is 9.53 Å². The zero-order valence-corrected chi connectivity index (χ0v) is 13.7. The van der Waals surface area contributed by atoms with Crippen LogP contribution < -0.4 is 0 Å². The maximum absolute atomic E-state index is 12.2. The third kappa shape index (κ3) is 1.91. The lowest BCUT2D eigenvalue weighted by atomic mass is 9.52. The maximum atomic E-state index is 12.2. The van der Waals surface area contributed by atoms with Crippen LogP contribution in [-0.4, -0.2) is 17.5 Å². The van der Waals surface area contributed by atoms with E-state index in [1.54, 1.807) is 0 Å². The Hall–Kier alpha value is -0.630. The van der Waals surface area contributed by atoms with Crippen LogP contribution in [-0.2, 0) is 9.53 Å². The number of ketones is 1. The van der Waals surface area contributed by atoms with E-state index in [1.807, 2.05) is 20.8 Å². The first-order chi connectivity index (χ1) is 8.33. The van der Waals surface area contributed by atoms with Crippen LogP contribution in [0, 0.1) is 16.2 Å². The molecule has 1 aliphatic heterocycles. The van der Waals surface area contributed by atoms with Crippen molar-refractivity contribution in [2.45, 2.75) is 73.5 Å². The van der Waals surface area contributed by atoms with Crippen LogP contribution in [0.1, 0.15) is 61.8 Å². The van der Waals surface area contributed by atoms with Crippen molar-refractivity contribution in [3.05, 3.63) is 11.6 Å². The second-order valence-corrected chi connectivity index (χ2v) is 8.69. The molecule has 0 unspecified atom stereocenters. The van der Waals surface area contributed by atoms with E-state index in [0.29, 0.717) is 0 Å². The Bertz CT molecular complexity index is 448. The Morgan fingerprint density at radius 1 is 1.21 bits per heavy atom. The predicted molar refractivity (Wildman–Crippen MR) is 78.0 cm³/mol. The minimum atomic E-state index is -0.320. The van der Waals surface area contributed by atoms with Gasteiger partial charge in [-0.25, -0.2) is 0 Å². The van der Waals surface area contributed by atoms with Crippen molar-refractivity contribution in [3.63, 3.8) is 0 Å². The van der Waals surface area contributed by atoms with E-state index >= 15 is 0 Å². The third-order valence-electron chi connectivity index (χ3n) is 4.99. The second kappa shape index (κ2) is 3.72. The van der Waals surface area contributed by atoms with Crippen molar-refractivity contribution in [2.75, 3.05) is 0 Å². The van der Waals surface area contributed by atoms with E-state index in [1.165, 1.54) is 0 Å². The summed E-state index contributed by atoms with van der Waals surface area (Å²) in [6.45, 7) is 17.2. The maximum Gasteiger partial charge on any atom is 0.164 e. The average molecular weight is 264 g/mol. The number of carbonyl (C=O) groups excluding carboxylic acids is 1. The number of rotatable bonds is 0. The van der Waals surface area contributed by atoms with Gasteiger partial charge < -0.3 is 4.74 Å². The molecule has 1 fully saturated rings. The molecule has 19 heavy (non-hydrogen) atoms. The fourth-order valence-electron chi connectivity index (χ4n) is 4.16. The summed E-state index contributed by atoms with van der Waals surface area (Å²) in [5.41, 5.74) is 0.453. The molecule has 2 aliphatic rings. The third-order valence-corrected chi connectivity index (χ3v) is 4.99. The normalized spacial score (nSPS) is 36.9. The van der Waals surface area contributed by atoms with E-state index in [4.69, 9.17) is 4.74 Å². The fraction of sp³-hybridized carbons (Fsp3) is 0.824. The molecule has 0 aromatic carbocycles. The summed E-state index contributed by atoms with van der Waals surface area (Å²) < 4.78 is 6.37. The van der Waals surface area contributed by atoms with Crippen LogP contribution in [0.3, 0.4) is 0 Å². The summed E-state index contributed by atoms with van der Waals surface area (Å²) in [5, 5.41) is 0. The summed E-state index contributed by atoms with van der Waals surface area (Å²) >= 11 is 0. The monoisotopic (exact) mass is 264 g/mol. The average Bonchev–Trinajstić information content (AvgIpc) is 2.20. The number of Topliss-reactive ketones (excluding diaryl/α,β-unsaturated/α-hetero) is 1. The molecular formula is C17H28O2. The molecule has 0 aromatic rings. The molecular weight excluding hydrogens is 236 g/mol. The van der Waals surface area contributed by atoms with E-state index in [9.17, 15) is 4.79 Å². The summed E-state index contributed by atoms with van der Waals surface area (Å²) in [6, 6.07) is 0. The van der Waals surface area contributed by atoms with Crippen LogP contribution in [0.15, 0.2) is 11.6 Å². The summed E-state index contributed by atoms with van der Waals surface area (Å²) in [7, 11) is 0. The van der Waals surface area contributed by atoms with Gasteiger partial charge in [0.25, 0.3) is 0 Å². The first kappa shape index (κ1) is 14.8. The van der Waals surface area contributed by atoms with Gasteiger partial charge in [-0.1, -0.05) is 48.5 Å². The molecule has 108 valence electrons. The lowest BCUT2D eigenvalue weighted by molar-refractivity contribution is -0.322. The Labute approximate surface area is 117 Å². The SMILES string of the molecule is CC1=C[C@]2(CC(C)(C)C1=O)O[C@H](C(C)(C)C)C2(C)C. The fourth-order valence-corrected chi connectivity index (χ4v) is 4.16. The molecule has 1 spiro atoms. The lowest BCUT2D eigenvalue weighted by Gasteiger charge is -2.66. The minimum absolute atomic E-state index is 0.0600. The van der Waals surface area contributed by atoms with E-state index in [-0.39, 0.29) is 33.7 Å². The van der Waals surface area contributed by atoms with Crippen LogP contribution in [0.5, 0.6) is 0 Å². The number of allylic oxidation sites excluding steroid dienone is 1. The molecule has 1 saturated heterocycles. The quantitative estimate of drug-likeness (QED) is 0.657. The molecule has 2 nitrogen and oxygen atoms in total. The summed E-state index contributed by atoms with van der Waals surface area (Å²) in [5.74, 6) is 0.261. The molecule has 1 heterocycles. The zero-order chi connectivity index (χ0) is 14.9. The Morgan fingerprint density at radius 2 is 1.74 bits per heavy atom. The van der Waals surface area contributed by atoms with Gasteiger partial charge in [-0.3, -0.25) is 4.79 Å². The lowest BCUT2D eigenvalue weighted by Crippen LogP contribution is -2.71. The van der Waals surface area contributed by atoms with Gasteiger partial charge in [0.2, 0.25) is 0 Å². The summed E-state index contributed by atoms with van der Waals surface area (Å²) in [6.07, 6.45) is 3.10. The minimum Gasteiger partial charge on any atom is -0.366 e. The van der Waals surface area contributed by atoms with Gasteiger partial charge in [-0.15, -0.1) is 0 Å². The topological polar surface area (TPSA) is 26.3 Å². The highest BCUT2D eigenvalue weighted by atomic mass is 16.5. The van der Waals surface area contributed by atoms with Gasteiger partial charge in [0.05, 0.1) is 11.7 Å². The highest BCUT2D eigenvalue weighted by molar-refractivity contribution is 6.00. The number of carbonyl (C=O) groups is 1. The van der Waals surface area contributed by atoms with Crippen LogP contribution >= 0.6 is 0 Å². The molecule has 2 heteroatoms. The number of hydrogen-bond donors (Lipinski definition) is 0. The molecule has 0 N–H and O–H groups in total. The molecule has 0 bridgehead atoms. The Balaban J connectivity index is 2.41. The molecule has 2 rings (SSSR count). The van der Waals surface area contributed by atoms with Crippen molar-refractivity contribution in [1.29, 1.82) is 0 Å². The molecule has 0 radical (unpaired) electrons. The summed E-state index contributed by atoms with van der Waals surface area (Å²) in [4.78, 5) is 12.2. The van der Waals surface area contributed by atoms with Crippen molar-refractivity contribution in [3.8, 4) is 0 Å². The molecule has 0 amide bonds. The zero-order valence-electron chi connectivity index (χ0n) is 13.7. The highest BCUT2D eigenvalue weighted by Gasteiger charge is 2.66. The van der Waals surface area contributed by atoms with Crippen LogP contribution in [0.25, 0.3) is 0 Å². The first-order valence-electron chi connectivity index (χ1n) is 7.26. The number of ether oxygens (including phenoxy) is 1. The molecule has 1 aliphatic carbocycles. The van der Waals surface area contributed by atoms with Crippen LogP contribution in [0.4, 0.5) is 0 Å². The Morgan fingerprint density at radius 3 is 2.11 bits per heavy atom. The van der Waals surface area contributed by atoms with Crippen LogP contribution in [0.2, 0.25) is 0 Å². The van der Waals surface area contributed by atoms with Crippen molar-refractivity contribution >= 4 is 5.78 Å². The molecule has 0 saturated carbocycles. The van der Waals surface area contributed by atoms with E-state index < -0.39 is 0 Å². The predicted octanol–water partition coefficient (Wildman–Crippen LogP) is 4.14. The van der Waals surface area contributed by atoms with Crippen molar-refractivity contribution in [1.82, 2.24) is 0 Å². The first-order valence-corrected chi connectivity index (χ1v) is 7.26. The standard InChI is InChI=1S/C17H28O2/c1-11-9-17(10-15(5,6)12(11)18)16(7,8)13(19-17)14(2,3)4/h9,13H,10H2,1-8H3/t13-,17-/m1/s1. The van der Waals surface area contributed by atoms with Gasteiger partial charge >= 0.3 is 0 Å². The van der Waals surface area contributed by atoms with Gasteiger partial charge in [-0.2, -0.15) is 0 Å². The smallest absolute Gasteiger partial charge is 0.164 e. The number of hydrogen-bond acceptors (Lipinski definition) is 2. The molecule has 2 atom stereocenters. The van der Waals surface area contributed by atoms with E-state index in [0.717, 1.165) is 12.0 Å².